The van der Waals surface area contributed by atoms with Gasteiger partial charge in [-0.3, -0.25) is 4.79 Å². The Morgan fingerprint density at radius 1 is 1.61 bits per heavy atom. The van der Waals surface area contributed by atoms with Gasteiger partial charge in [0.2, 0.25) is 0 Å². The average molecular weight is 271 g/mol. The summed E-state index contributed by atoms with van der Waals surface area (Å²) < 4.78 is 4.82. The Morgan fingerprint density at radius 2 is 2.33 bits per heavy atom. The van der Waals surface area contributed by atoms with Crippen LogP contribution in [0.25, 0.3) is 0 Å². The van der Waals surface area contributed by atoms with Gasteiger partial charge in [0.25, 0.3) is 5.91 Å². The Bertz CT molecular complexity index is 390. The summed E-state index contributed by atoms with van der Waals surface area (Å²) in [6.45, 7) is 4.87. The number of hydrogen-bond acceptors (Lipinski definition) is 4. The second-order valence-corrected chi connectivity index (χ2v) is 5.36. The number of methoxy groups -OCH3 is 1. The number of carbonyl (C=O) groups excluding carboxylic acids is 1. The predicted octanol–water partition coefficient (Wildman–Crippen LogP) is 1.75. The molecule has 1 amide bonds. The molecule has 0 spiro atoms. The van der Waals surface area contributed by atoms with E-state index in [0.717, 1.165) is 11.3 Å². The van der Waals surface area contributed by atoms with Crippen molar-refractivity contribution in [2.75, 3.05) is 20.3 Å². The molecule has 1 atom stereocenters. The lowest BCUT2D eigenvalue weighted by Gasteiger charge is -2.09. The quantitative estimate of drug-likeness (QED) is 0.794. The molecule has 0 radical (unpaired) electrons. The molecule has 1 unspecified atom stereocenters. The highest BCUT2D eigenvalue weighted by Gasteiger charge is 2.11. The van der Waals surface area contributed by atoms with Crippen LogP contribution in [0.2, 0.25) is 0 Å². The summed E-state index contributed by atoms with van der Waals surface area (Å²) in [7, 11) is 1.54. The molecule has 0 saturated heterocycles. The molecule has 1 aromatic rings. The highest BCUT2D eigenvalue weighted by molar-refractivity contribution is 7.14. The van der Waals surface area contributed by atoms with E-state index in [-0.39, 0.29) is 5.91 Å². The third-order valence-corrected chi connectivity index (χ3v) is 4.07. The fourth-order valence-electron chi connectivity index (χ4n) is 1.70. The summed E-state index contributed by atoms with van der Waals surface area (Å²) >= 11 is 1.54. The van der Waals surface area contributed by atoms with Gasteiger partial charge in [-0.05, 0) is 31.4 Å². The maximum absolute atomic E-state index is 11.9. The Labute approximate surface area is 112 Å². The molecule has 0 aliphatic rings. The fraction of sp³-hybridized carbons (Fsp3) is 0.615. The zero-order valence-electron chi connectivity index (χ0n) is 11.2. The minimum Gasteiger partial charge on any atom is -0.391 e. The summed E-state index contributed by atoms with van der Waals surface area (Å²) in [5.41, 5.74) is 1.17. The topological polar surface area (TPSA) is 58.6 Å². The fourth-order valence-corrected chi connectivity index (χ4v) is 2.73. The van der Waals surface area contributed by atoms with E-state index in [4.69, 9.17) is 4.74 Å². The van der Waals surface area contributed by atoms with Crippen LogP contribution in [0.1, 0.15) is 33.5 Å². The number of carbonyl (C=O) groups is 1. The van der Waals surface area contributed by atoms with Crippen molar-refractivity contribution >= 4 is 17.2 Å². The van der Waals surface area contributed by atoms with Crippen LogP contribution in [-0.2, 0) is 11.2 Å². The summed E-state index contributed by atoms with van der Waals surface area (Å²) in [6, 6.07) is 1.92. The molecule has 102 valence electrons. The summed E-state index contributed by atoms with van der Waals surface area (Å²) in [5, 5.41) is 12.3. The van der Waals surface area contributed by atoms with Gasteiger partial charge in [-0.25, -0.2) is 0 Å². The molecule has 0 bridgehead atoms. The largest absolute Gasteiger partial charge is 0.391 e. The number of nitrogens with one attached hydrogen (secondary N) is 1. The van der Waals surface area contributed by atoms with Crippen molar-refractivity contribution in [1.82, 2.24) is 5.32 Å². The maximum Gasteiger partial charge on any atom is 0.261 e. The molecule has 5 heteroatoms. The third kappa shape index (κ3) is 4.40. The molecule has 0 aliphatic carbocycles. The van der Waals surface area contributed by atoms with E-state index in [9.17, 15) is 9.90 Å². The molecule has 18 heavy (non-hydrogen) atoms. The molecule has 2 N–H and O–H groups in total. The SMILES string of the molecule is CCc1sc(C(=O)NCCC(O)COC)cc1C. The van der Waals surface area contributed by atoms with Gasteiger partial charge in [0.05, 0.1) is 17.6 Å². The van der Waals surface area contributed by atoms with Crippen LogP contribution < -0.4 is 5.32 Å². The van der Waals surface area contributed by atoms with E-state index in [2.05, 4.69) is 12.2 Å². The van der Waals surface area contributed by atoms with Gasteiger partial charge in [0.1, 0.15) is 0 Å². The average Bonchev–Trinajstić information content (AvgIpc) is 2.71. The Hall–Kier alpha value is -0.910. The van der Waals surface area contributed by atoms with Crippen molar-refractivity contribution in [3.63, 3.8) is 0 Å². The van der Waals surface area contributed by atoms with Crippen LogP contribution >= 0.6 is 11.3 Å². The van der Waals surface area contributed by atoms with E-state index >= 15 is 0 Å². The highest BCUT2D eigenvalue weighted by atomic mass is 32.1. The van der Waals surface area contributed by atoms with Crippen molar-refractivity contribution in [2.24, 2.45) is 0 Å². The molecular weight excluding hydrogens is 250 g/mol. The monoisotopic (exact) mass is 271 g/mol. The predicted molar refractivity (Wildman–Crippen MR) is 73.3 cm³/mol. The lowest BCUT2D eigenvalue weighted by atomic mass is 10.2. The van der Waals surface area contributed by atoms with E-state index in [1.807, 2.05) is 13.0 Å². The number of thiophene rings is 1. The van der Waals surface area contributed by atoms with Crippen LogP contribution in [0.15, 0.2) is 6.07 Å². The first-order valence-electron chi connectivity index (χ1n) is 6.13. The van der Waals surface area contributed by atoms with Gasteiger partial charge in [0.15, 0.2) is 0 Å². The standard InChI is InChI=1S/C13H21NO3S/c1-4-11-9(2)7-12(18-11)13(16)14-6-5-10(15)8-17-3/h7,10,15H,4-6,8H2,1-3H3,(H,14,16). The van der Waals surface area contributed by atoms with E-state index in [1.165, 1.54) is 21.8 Å². The lowest BCUT2D eigenvalue weighted by molar-refractivity contribution is 0.0588. The number of rotatable bonds is 7. The molecule has 0 fully saturated rings. The number of ether oxygens (including phenoxy) is 1. The smallest absolute Gasteiger partial charge is 0.261 e. The van der Waals surface area contributed by atoms with Crippen molar-refractivity contribution in [3.8, 4) is 0 Å². The molecule has 1 aromatic heterocycles. The number of aliphatic hydroxyl groups is 1. The minimum atomic E-state index is -0.522. The summed E-state index contributed by atoms with van der Waals surface area (Å²) in [4.78, 5) is 13.8. The molecule has 0 saturated carbocycles. The van der Waals surface area contributed by atoms with Crippen LogP contribution in [0.5, 0.6) is 0 Å². The van der Waals surface area contributed by atoms with Crippen LogP contribution in [-0.4, -0.2) is 37.4 Å². The molecular formula is C13H21NO3S. The molecule has 1 heterocycles. The number of aliphatic hydroxyl groups excluding tert-OH is 1. The summed E-state index contributed by atoms with van der Waals surface area (Å²) in [5.74, 6) is -0.0626. The summed E-state index contributed by atoms with van der Waals surface area (Å²) in [6.07, 6.45) is 0.938. The Kier molecular flexibility index (Phi) is 6.32. The number of hydrogen-bond donors (Lipinski definition) is 2. The molecule has 0 aromatic carbocycles. The Morgan fingerprint density at radius 3 is 2.89 bits per heavy atom. The van der Waals surface area contributed by atoms with Crippen molar-refractivity contribution in [2.45, 2.75) is 32.8 Å². The first-order valence-corrected chi connectivity index (χ1v) is 6.94. The zero-order chi connectivity index (χ0) is 13.5. The van der Waals surface area contributed by atoms with Gasteiger partial charge in [-0.15, -0.1) is 11.3 Å². The second kappa shape index (κ2) is 7.51. The zero-order valence-corrected chi connectivity index (χ0v) is 12.0. The number of amides is 1. The van der Waals surface area contributed by atoms with Gasteiger partial charge >= 0.3 is 0 Å². The molecule has 0 aliphatic heterocycles. The van der Waals surface area contributed by atoms with Crippen molar-refractivity contribution in [3.05, 3.63) is 21.4 Å². The highest BCUT2D eigenvalue weighted by Crippen LogP contribution is 2.22. The minimum absolute atomic E-state index is 0.0626. The van der Waals surface area contributed by atoms with Gasteiger partial charge < -0.3 is 15.2 Å². The van der Waals surface area contributed by atoms with Crippen LogP contribution in [0.3, 0.4) is 0 Å². The van der Waals surface area contributed by atoms with E-state index < -0.39 is 6.10 Å². The van der Waals surface area contributed by atoms with Crippen molar-refractivity contribution in [1.29, 1.82) is 0 Å². The second-order valence-electron chi connectivity index (χ2n) is 4.22. The van der Waals surface area contributed by atoms with E-state index in [0.29, 0.717) is 19.6 Å². The van der Waals surface area contributed by atoms with Crippen molar-refractivity contribution < 1.29 is 14.6 Å². The third-order valence-electron chi connectivity index (χ3n) is 2.69. The van der Waals surface area contributed by atoms with Gasteiger partial charge in [0, 0.05) is 18.5 Å². The lowest BCUT2D eigenvalue weighted by Crippen LogP contribution is -2.27. The molecule has 4 nitrogen and oxygen atoms in total. The maximum atomic E-state index is 11.9. The van der Waals surface area contributed by atoms with E-state index in [1.54, 1.807) is 7.11 Å². The first kappa shape index (κ1) is 15.1. The number of aryl methyl sites for hydroxylation is 2. The first-order chi connectivity index (χ1) is 8.58. The molecule has 1 rings (SSSR count). The Balaban J connectivity index is 2.40. The normalized spacial score (nSPS) is 12.4. The van der Waals surface area contributed by atoms with Crippen LogP contribution in [0, 0.1) is 6.92 Å². The van der Waals surface area contributed by atoms with Crippen LogP contribution in [0.4, 0.5) is 0 Å². The van der Waals surface area contributed by atoms with Gasteiger partial charge in [-0.1, -0.05) is 6.92 Å². The van der Waals surface area contributed by atoms with Gasteiger partial charge in [-0.2, -0.15) is 0 Å².